The lowest BCUT2D eigenvalue weighted by molar-refractivity contribution is 0.102. The molecule has 3 aromatic carbocycles. The number of nitrogens with zero attached hydrogens (tertiary/aromatic N) is 1. The first kappa shape index (κ1) is 16.8. The van der Waals surface area contributed by atoms with Gasteiger partial charge in [-0.3, -0.25) is 4.79 Å². The van der Waals surface area contributed by atoms with Gasteiger partial charge in [-0.15, -0.1) is 0 Å². The molecule has 0 radical (unpaired) electrons. The number of carbonyl (C=O) groups is 1. The molecule has 138 valence electrons. The number of amides is 1. The number of aryl methyl sites for hydroxylation is 2. The van der Waals surface area contributed by atoms with E-state index < -0.39 is 0 Å². The van der Waals surface area contributed by atoms with Gasteiger partial charge in [-0.1, -0.05) is 18.2 Å². The average Bonchev–Trinajstić information content (AvgIpc) is 3.18. The van der Waals surface area contributed by atoms with Crippen LogP contribution in [0.3, 0.4) is 0 Å². The molecule has 0 bridgehead atoms. The second-order valence-electron chi connectivity index (χ2n) is 7.32. The second kappa shape index (κ2) is 6.97. The van der Waals surface area contributed by atoms with Crippen LogP contribution in [0.25, 0.3) is 22.4 Å². The Labute approximate surface area is 163 Å². The minimum Gasteiger partial charge on any atom is -0.338 e. The number of carbonyl (C=O) groups excluding carboxylic acids is 1. The first-order chi connectivity index (χ1) is 13.8. The van der Waals surface area contributed by atoms with Crippen molar-refractivity contribution in [3.05, 3.63) is 83.4 Å². The zero-order valence-corrected chi connectivity index (χ0v) is 15.5. The summed E-state index contributed by atoms with van der Waals surface area (Å²) >= 11 is 0. The van der Waals surface area contributed by atoms with Gasteiger partial charge >= 0.3 is 0 Å². The number of aromatic nitrogens is 2. The maximum Gasteiger partial charge on any atom is 0.255 e. The van der Waals surface area contributed by atoms with Crippen LogP contribution < -0.4 is 5.32 Å². The summed E-state index contributed by atoms with van der Waals surface area (Å²) in [5.74, 6) is 0.763. The number of rotatable bonds is 3. The van der Waals surface area contributed by atoms with Crippen LogP contribution in [-0.4, -0.2) is 15.9 Å². The number of H-pyrrole nitrogens is 1. The van der Waals surface area contributed by atoms with Gasteiger partial charge in [0.05, 0.1) is 11.0 Å². The van der Waals surface area contributed by atoms with Crippen molar-refractivity contribution in [3.63, 3.8) is 0 Å². The SMILES string of the molecule is O=C(Nc1ccc(-c2nc3ccccc3[nH]2)cc1)c1ccc2c(c1)CCCC2. The van der Waals surface area contributed by atoms with E-state index in [2.05, 4.69) is 21.4 Å². The number of hydrogen-bond donors (Lipinski definition) is 2. The zero-order valence-electron chi connectivity index (χ0n) is 15.5. The van der Waals surface area contributed by atoms with Crippen molar-refractivity contribution >= 4 is 22.6 Å². The summed E-state index contributed by atoms with van der Waals surface area (Å²) < 4.78 is 0. The van der Waals surface area contributed by atoms with Gasteiger partial charge in [0.25, 0.3) is 5.91 Å². The molecule has 1 aliphatic carbocycles. The summed E-state index contributed by atoms with van der Waals surface area (Å²) in [7, 11) is 0. The minimum atomic E-state index is -0.0649. The fourth-order valence-corrected chi connectivity index (χ4v) is 3.88. The Hall–Kier alpha value is -3.40. The Balaban J connectivity index is 1.34. The van der Waals surface area contributed by atoms with Crippen LogP contribution >= 0.6 is 0 Å². The molecule has 0 atom stereocenters. The summed E-state index contributed by atoms with van der Waals surface area (Å²) in [5, 5.41) is 3.00. The van der Waals surface area contributed by atoms with Crippen LogP contribution in [0, 0.1) is 0 Å². The van der Waals surface area contributed by atoms with Crippen LogP contribution in [-0.2, 0) is 12.8 Å². The number of aromatic amines is 1. The standard InChI is InChI=1S/C24H21N3O/c28-24(19-10-9-16-5-1-2-6-18(16)15-19)25-20-13-11-17(12-14-20)23-26-21-7-3-4-8-22(21)27-23/h3-4,7-15H,1-2,5-6H2,(H,25,28)(H,26,27). The molecule has 0 spiro atoms. The van der Waals surface area contributed by atoms with E-state index in [0.717, 1.165) is 46.5 Å². The highest BCUT2D eigenvalue weighted by Crippen LogP contribution is 2.24. The molecule has 2 N–H and O–H groups in total. The Bertz CT molecular complexity index is 1130. The minimum absolute atomic E-state index is 0.0649. The van der Waals surface area contributed by atoms with Gasteiger partial charge in [-0.2, -0.15) is 0 Å². The molecule has 0 saturated heterocycles. The number of anilines is 1. The maximum atomic E-state index is 12.6. The highest BCUT2D eigenvalue weighted by atomic mass is 16.1. The van der Waals surface area contributed by atoms with Crippen molar-refractivity contribution in [2.45, 2.75) is 25.7 Å². The molecular formula is C24H21N3O. The lowest BCUT2D eigenvalue weighted by Crippen LogP contribution is -2.13. The Morgan fingerprint density at radius 3 is 2.50 bits per heavy atom. The molecule has 1 amide bonds. The van der Waals surface area contributed by atoms with E-state index in [4.69, 9.17) is 0 Å². The number of fused-ring (bicyclic) bond motifs is 2. The maximum absolute atomic E-state index is 12.6. The van der Waals surface area contributed by atoms with Gasteiger partial charge < -0.3 is 10.3 Å². The van der Waals surface area contributed by atoms with E-state index in [1.807, 2.05) is 60.7 Å². The molecule has 0 unspecified atom stereocenters. The average molecular weight is 367 g/mol. The first-order valence-corrected chi connectivity index (χ1v) is 9.75. The van der Waals surface area contributed by atoms with Gasteiger partial charge in [-0.25, -0.2) is 4.98 Å². The summed E-state index contributed by atoms with van der Waals surface area (Å²) in [5.41, 5.74) is 7.16. The molecular weight excluding hydrogens is 346 g/mol. The van der Waals surface area contributed by atoms with Crippen molar-refractivity contribution in [1.29, 1.82) is 0 Å². The molecule has 1 heterocycles. The lowest BCUT2D eigenvalue weighted by atomic mass is 9.90. The number of imidazole rings is 1. The smallest absolute Gasteiger partial charge is 0.255 e. The number of benzene rings is 3. The fraction of sp³-hybridized carbons (Fsp3) is 0.167. The predicted octanol–water partition coefficient (Wildman–Crippen LogP) is 5.36. The molecule has 0 aliphatic heterocycles. The topological polar surface area (TPSA) is 57.8 Å². The molecule has 0 saturated carbocycles. The fourth-order valence-electron chi connectivity index (χ4n) is 3.88. The molecule has 4 aromatic rings. The van der Waals surface area contributed by atoms with Crippen molar-refractivity contribution in [2.24, 2.45) is 0 Å². The molecule has 28 heavy (non-hydrogen) atoms. The molecule has 0 fully saturated rings. The number of nitrogens with one attached hydrogen (secondary N) is 2. The van der Waals surface area contributed by atoms with Gasteiger partial charge in [-0.05, 0) is 85.3 Å². The van der Waals surface area contributed by atoms with Crippen molar-refractivity contribution in [3.8, 4) is 11.4 Å². The third kappa shape index (κ3) is 3.18. The monoisotopic (exact) mass is 367 g/mol. The molecule has 1 aromatic heterocycles. The highest BCUT2D eigenvalue weighted by molar-refractivity contribution is 6.04. The number of hydrogen-bond acceptors (Lipinski definition) is 2. The van der Waals surface area contributed by atoms with E-state index in [1.54, 1.807) is 0 Å². The third-order valence-corrected chi connectivity index (χ3v) is 5.42. The Morgan fingerprint density at radius 2 is 1.68 bits per heavy atom. The summed E-state index contributed by atoms with van der Waals surface area (Å²) in [4.78, 5) is 20.6. The summed E-state index contributed by atoms with van der Waals surface area (Å²) in [6, 6.07) is 21.8. The van der Waals surface area contributed by atoms with Crippen LogP contribution in [0.15, 0.2) is 66.7 Å². The van der Waals surface area contributed by atoms with Crippen molar-refractivity contribution < 1.29 is 4.79 Å². The van der Waals surface area contributed by atoms with Crippen LogP contribution in [0.1, 0.15) is 34.3 Å². The zero-order chi connectivity index (χ0) is 18.9. The Kier molecular flexibility index (Phi) is 4.17. The molecule has 5 rings (SSSR count). The summed E-state index contributed by atoms with van der Waals surface area (Å²) in [6.07, 6.45) is 4.65. The van der Waals surface area contributed by atoms with E-state index >= 15 is 0 Å². The van der Waals surface area contributed by atoms with Crippen LogP contribution in [0.2, 0.25) is 0 Å². The normalized spacial score (nSPS) is 13.3. The Morgan fingerprint density at radius 1 is 0.893 bits per heavy atom. The second-order valence-corrected chi connectivity index (χ2v) is 7.32. The van der Waals surface area contributed by atoms with E-state index in [0.29, 0.717) is 0 Å². The lowest BCUT2D eigenvalue weighted by Gasteiger charge is -2.16. The van der Waals surface area contributed by atoms with E-state index in [-0.39, 0.29) is 5.91 Å². The van der Waals surface area contributed by atoms with E-state index in [1.165, 1.54) is 24.0 Å². The number of para-hydroxylation sites is 2. The van der Waals surface area contributed by atoms with Crippen molar-refractivity contribution in [1.82, 2.24) is 9.97 Å². The van der Waals surface area contributed by atoms with Crippen LogP contribution in [0.5, 0.6) is 0 Å². The highest BCUT2D eigenvalue weighted by Gasteiger charge is 2.13. The molecule has 4 nitrogen and oxygen atoms in total. The molecule has 4 heteroatoms. The quantitative estimate of drug-likeness (QED) is 0.512. The molecule has 1 aliphatic rings. The third-order valence-electron chi connectivity index (χ3n) is 5.42. The van der Waals surface area contributed by atoms with Gasteiger partial charge in [0.2, 0.25) is 0 Å². The van der Waals surface area contributed by atoms with E-state index in [9.17, 15) is 4.79 Å². The van der Waals surface area contributed by atoms with Gasteiger partial charge in [0, 0.05) is 16.8 Å². The van der Waals surface area contributed by atoms with Gasteiger partial charge in [0.15, 0.2) is 0 Å². The largest absolute Gasteiger partial charge is 0.338 e. The predicted molar refractivity (Wildman–Crippen MR) is 113 cm³/mol. The first-order valence-electron chi connectivity index (χ1n) is 9.75. The summed E-state index contributed by atoms with van der Waals surface area (Å²) in [6.45, 7) is 0. The van der Waals surface area contributed by atoms with Crippen LogP contribution in [0.4, 0.5) is 5.69 Å². The van der Waals surface area contributed by atoms with Crippen molar-refractivity contribution in [2.75, 3.05) is 5.32 Å². The van der Waals surface area contributed by atoms with Gasteiger partial charge in [0.1, 0.15) is 5.82 Å².